The number of hydrogen-bond donors (Lipinski definition) is 1. The molecular formula is C17H22N2O7S. The van der Waals surface area contributed by atoms with Crippen molar-refractivity contribution in [1.29, 1.82) is 0 Å². The quantitative estimate of drug-likeness (QED) is 0.735. The summed E-state index contributed by atoms with van der Waals surface area (Å²) in [6.45, 7) is 1.24. The van der Waals surface area contributed by atoms with Crippen LogP contribution in [-0.2, 0) is 31.0 Å². The summed E-state index contributed by atoms with van der Waals surface area (Å²) in [4.78, 5) is 28.0. The van der Waals surface area contributed by atoms with Crippen LogP contribution in [0.15, 0.2) is 30.3 Å². The Morgan fingerprint density at radius 1 is 1.19 bits per heavy atom. The van der Waals surface area contributed by atoms with E-state index in [1.807, 2.05) is 6.07 Å². The van der Waals surface area contributed by atoms with E-state index >= 15 is 0 Å². The molecule has 9 nitrogen and oxygen atoms in total. The number of carbonyl (C=O) groups is 2. The molecule has 10 heteroatoms. The third-order valence-corrected chi connectivity index (χ3v) is 5.92. The van der Waals surface area contributed by atoms with Gasteiger partial charge in [0, 0.05) is 19.6 Å². The van der Waals surface area contributed by atoms with Gasteiger partial charge < -0.3 is 14.4 Å². The first-order valence-electron chi connectivity index (χ1n) is 8.66. The Morgan fingerprint density at radius 2 is 1.85 bits per heavy atom. The highest BCUT2D eigenvalue weighted by Gasteiger charge is 2.46. The molecule has 2 heterocycles. The Kier molecular flexibility index (Phi) is 5.98. The molecule has 0 radical (unpaired) electrons. The number of likely N-dealkylation sites (tertiary alicyclic amines) is 1. The number of hydrogen-bond acceptors (Lipinski definition) is 6. The maximum atomic E-state index is 12.8. The van der Waals surface area contributed by atoms with Crippen LogP contribution >= 0.6 is 0 Å². The summed E-state index contributed by atoms with van der Waals surface area (Å²) in [7, 11) is -4.38. The largest absolute Gasteiger partial charge is 0.445 e. The fourth-order valence-electron chi connectivity index (χ4n) is 3.25. The van der Waals surface area contributed by atoms with Gasteiger partial charge in [-0.2, -0.15) is 8.42 Å². The van der Waals surface area contributed by atoms with Gasteiger partial charge in [0.25, 0.3) is 10.1 Å². The zero-order valence-electron chi connectivity index (χ0n) is 14.7. The Bertz CT molecular complexity index is 778. The molecule has 3 rings (SSSR count). The fraction of sp³-hybridized carbons (Fsp3) is 0.529. The van der Waals surface area contributed by atoms with Crippen molar-refractivity contribution in [1.82, 2.24) is 9.80 Å². The van der Waals surface area contributed by atoms with Gasteiger partial charge in [-0.25, -0.2) is 4.79 Å². The summed E-state index contributed by atoms with van der Waals surface area (Å²) in [5.41, 5.74) is 0.771. The molecule has 2 aliphatic rings. The smallest absolute Gasteiger partial charge is 0.410 e. The third kappa shape index (κ3) is 4.76. The SMILES string of the molecule is O=C([C@@H]1C[C@@H](S(=O)(=O)O)CN1C(=O)OCc1ccccc1)N1CCOCC1. The molecule has 0 unspecified atom stereocenters. The molecule has 2 amide bonds. The van der Waals surface area contributed by atoms with Crippen molar-refractivity contribution in [2.45, 2.75) is 24.3 Å². The second-order valence-electron chi connectivity index (χ2n) is 6.52. The van der Waals surface area contributed by atoms with Gasteiger partial charge in [0.1, 0.15) is 17.9 Å². The van der Waals surface area contributed by atoms with E-state index in [9.17, 15) is 22.6 Å². The van der Waals surface area contributed by atoms with Crippen molar-refractivity contribution in [2.75, 3.05) is 32.8 Å². The number of nitrogens with zero attached hydrogens (tertiary/aromatic N) is 2. The summed E-state index contributed by atoms with van der Waals surface area (Å²) >= 11 is 0. The average molecular weight is 398 g/mol. The Hall–Kier alpha value is -2.17. The van der Waals surface area contributed by atoms with Crippen molar-refractivity contribution in [3.05, 3.63) is 35.9 Å². The lowest BCUT2D eigenvalue weighted by Crippen LogP contribution is -2.51. The van der Waals surface area contributed by atoms with Crippen LogP contribution in [-0.4, -0.2) is 78.9 Å². The fourth-order valence-corrected chi connectivity index (χ4v) is 4.02. The van der Waals surface area contributed by atoms with Crippen molar-refractivity contribution in [3.8, 4) is 0 Å². The molecule has 0 saturated carbocycles. The number of rotatable bonds is 4. The highest BCUT2D eigenvalue weighted by molar-refractivity contribution is 7.86. The monoisotopic (exact) mass is 398 g/mol. The molecule has 1 N–H and O–H groups in total. The van der Waals surface area contributed by atoms with Crippen LogP contribution in [0, 0.1) is 0 Å². The summed E-state index contributed by atoms with van der Waals surface area (Å²) in [5, 5.41) is -1.21. The highest BCUT2D eigenvalue weighted by Crippen LogP contribution is 2.26. The Morgan fingerprint density at radius 3 is 2.48 bits per heavy atom. The van der Waals surface area contributed by atoms with E-state index in [1.54, 1.807) is 24.3 Å². The minimum atomic E-state index is -4.38. The number of ether oxygens (including phenoxy) is 2. The van der Waals surface area contributed by atoms with Gasteiger partial charge >= 0.3 is 6.09 Å². The molecule has 2 fully saturated rings. The van der Waals surface area contributed by atoms with E-state index < -0.39 is 27.5 Å². The summed E-state index contributed by atoms with van der Waals surface area (Å²) in [6.07, 6.45) is -0.938. The minimum Gasteiger partial charge on any atom is -0.445 e. The van der Waals surface area contributed by atoms with E-state index in [1.165, 1.54) is 4.90 Å². The Labute approximate surface area is 157 Å². The van der Waals surface area contributed by atoms with E-state index in [-0.39, 0.29) is 25.5 Å². The van der Waals surface area contributed by atoms with Crippen LogP contribution in [0.25, 0.3) is 0 Å². The van der Waals surface area contributed by atoms with E-state index in [0.29, 0.717) is 26.3 Å². The van der Waals surface area contributed by atoms with Crippen LogP contribution in [0.5, 0.6) is 0 Å². The molecule has 0 bridgehead atoms. The lowest BCUT2D eigenvalue weighted by Gasteiger charge is -2.32. The normalized spacial score (nSPS) is 23.3. The van der Waals surface area contributed by atoms with Crippen molar-refractivity contribution in [2.24, 2.45) is 0 Å². The number of benzene rings is 1. The van der Waals surface area contributed by atoms with E-state index in [4.69, 9.17) is 9.47 Å². The maximum Gasteiger partial charge on any atom is 0.410 e. The topological polar surface area (TPSA) is 113 Å². The highest BCUT2D eigenvalue weighted by atomic mass is 32.2. The molecule has 2 saturated heterocycles. The molecule has 148 valence electrons. The van der Waals surface area contributed by atoms with Gasteiger partial charge in [0.15, 0.2) is 0 Å². The molecule has 1 aromatic rings. The van der Waals surface area contributed by atoms with E-state index in [2.05, 4.69) is 0 Å². The van der Waals surface area contributed by atoms with Gasteiger partial charge in [0.2, 0.25) is 5.91 Å². The minimum absolute atomic E-state index is 0.00514. The van der Waals surface area contributed by atoms with Gasteiger partial charge in [-0.3, -0.25) is 14.2 Å². The second kappa shape index (κ2) is 8.24. The van der Waals surface area contributed by atoms with Gasteiger partial charge in [-0.15, -0.1) is 0 Å². The van der Waals surface area contributed by atoms with Crippen LogP contribution in [0.2, 0.25) is 0 Å². The molecule has 0 spiro atoms. The van der Waals surface area contributed by atoms with Crippen LogP contribution < -0.4 is 0 Å². The van der Waals surface area contributed by atoms with Crippen LogP contribution in [0.4, 0.5) is 4.79 Å². The standard InChI is InChI=1S/C17H22N2O7S/c20-16(18-6-8-25-9-7-18)15-10-14(27(22,23)24)11-19(15)17(21)26-12-13-4-2-1-3-5-13/h1-5,14-15H,6-12H2,(H,22,23,24)/t14-,15+/m1/s1. The van der Waals surface area contributed by atoms with Crippen molar-refractivity contribution < 1.29 is 32.0 Å². The lowest BCUT2D eigenvalue weighted by atomic mass is 10.2. The summed E-state index contributed by atoms with van der Waals surface area (Å²) in [6, 6.07) is 8.03. The molecule has 1 aromatic carbocycles. The molecule has 2 atom stereocenters. The number of amides is 2. The molecular weight excluding hydrogens is 376 g/mol. The lowest BCUT2D eigenvalue weighted by molar-refractivity contribution is -0.139. The number of morpholine rings is 1. The van der Waals surface area contributed by atoms with Crippen LogP contribution in [0.1, 0.15) is 12.0 Å². The molecule has 0 aliphatic carbocycles. The van der Waals surface area contributed by atoms with Gasteiger partial charge in [0.05, 0.1) is 13.2 Å². The predicted octanol–water partition coefficient (Wildman–Crippen LogP) is 0.513. The average Bonchev–Trinajstić information content (AvgIpc) is 3.13. The zero-order chi connectivity index (χ0) is 19.4. The van der Waals surface area contributed by atoms with Crippen LogP contribution in [0.3, 0.4) is 0 Å². The van der Waals surface area contributed by atoms with Crippen molar-refractivity contribution in [3.63, 3.8) is 0 Å². The predicted molar refractivity (Wildman–Crippen MR) is 94.5 cm³/mol. The maximum absolute atomic E-state index is 12.8. The Balaban J connectivity index is 1.72. The first-order chi connectivity index (χ1) is 12.9. The first kappa shape index (κ1) is 19.6. The molecule has 2 aliphatic heterocycles. The molecule has 0 aromatic heterocycles. The first-order valence-corrected chi connectivity index (χ1v) is 10.2. The van der Waals surface area contributed by atoms with E-state index in [0.717, 1.165) is 10.5 Å². The third-order valence-electron chi connectivity index (χ3n) is 4.73. The van der Waals surface area contributed by atoms with Crippen molar-refractivity contribution >= 4 is 22.1 Å². The summed E-state index contributed by atoms with van der Waals surface area (Å²) < 4.78 is 43.0. The zero-order valence-corrected chi connectivity index (χ0v) is 15.5. The van der Waals surface area contributed by atoms with Gasteiger partial charge in [-0.1, -0.05) is 30.3 Å². The second-order valence-corrected chi connectivity index (χ2v) is 8.22. The number of carbonyl (C=O) groups excluding carboxylic acids is 2. The molecule has 27 heavy (non-hydrogen) atoms. The summed E-state index contributed by atoms with van der Waals surface area (Å²) in [5.74, 6) is -0.360. The van der Waals surface area contributed by atoms with Gasteiger partial charge in [-0.05, 0) is 12.0 Å².